The molecule has 0 saturated carbocycles. The van der Waals surface area contributed by atoms with Gasteiger partial charge in [-0.2, -0.15) is 0 Å². The van der Waals surface area contributed by atoms with Gasteiger partial charge >= 0.3 is 6.09 Å². The maximum absolute atomic E-state index is 13.7. The minimum absolute atomic E-state index is 0.0160. The minimum atomic E-state index is -1.77. The number of hydrogen-bond acceptors (Lipinski definition) is 9. The fourth-order valence-electron chi connectivity index (χ4n) is 5.80. The van der Waals surface area contributed by atoms with Crippen LogP contribution in [0.4, 0.5) is 10.5 Å². The highest BCUT2D eigenvalue weighted by atomic mass is 16.5. The van der Waals surface area contributed by atoms with Crippen molar-refractivity contribution in [2.45, 2.75) is 82.8 Å². The van der Waals surface area contributed by atoms with E-state index in [4.69, 9.17) is 15.2 Å². The Labute approximate surface area is 313 Å². The molecular weight excluding hydrogens is 696 g/mol. The number of amides is 6. The van der Waals surface area contributed by atoms with Gasteiger partial charge in [0.1, 0.15) is 24.4 Å². The number of carbonyl (C=O) groups is 6. The van der Waals surface area contributed by atoms with Gasteiger partial charge in [-0.1, -0.05) is 60.7 Å². The van der Waals surface area contributed by atoms with Crippen LogP contribution in [0.5, 0.6) is 5.75 Å². The van der Waals surface area contributed by atoms with Crippen LogP contribution in [0, 0.1) is 0 Å². The van der Waals surface area contributed by atoms with Crippen LogP contribution in [-0.4, -0.2) is 88.6 Å². The molecule has 4 atom stereocenters. The van der Waals surface area contributed by atoms with Gasteiger partial charge in [-0.05, 0) is 75.4 Å². The molecular formula is C39H48N6O9. The normalized spacial score (nSPS) is 15.6. The largest absolute Gasteiger partial charge is 0.484 e. The van der Waals surface area contributed by atoms with Crippen molar-refractivity contribution in [1.82, 2.24) is 20.9 Å². The lowest BCUT2D eigenvalue weighted by molar-refractivity contribution is -0.147. The molecule has 0 radical (unpaired) electrons. The number of anilines is 1. The van der Waals surface area contributed by atoms with E-state index in [1.165, 1.54) is 17.0 Å². The van der Waals surface area contributed by atoms with Gasteiger partial charge < -0.3 is 41.2 Å². The SMILES string of the molecule is CC(C)(C)NC(=O)[C@@H]1CCCN1C(=O)[C@@H](O)[C@H](Cc1ccccc1)NC(=O)[C@H](CC(N)=O)NC(=O)COc1ccc(NC(=O)OCc2ccccc2)cc1. The number of hydrogen-bond donors (Lipinski definition) is 6. The minimum Gasteiger partial charge on any atom is -0.484 e. The zero-order chi connectivity index (χ0) is 39.3. The molecule has 288 valence electrons. The van der Waals surface area contributed by atoms with E-state index < -0.39 is 72.5 Å². The van der Waals surface area contributed by atoms with Gasteiger partial charge in [0.25, 0.3) is 11.8 Å². The summed E-state index contributed by atoms with van der Waals surface area (Å²) in [5.41, 5.74) is 6.81. The summed E-state index contributed by atoms with van der Waals surface area (Å²) >= 11 is 0. The zero-order valence-corrected chi connectivity index (χ0v) is 30.6. The Morgan fingerprint density at radius 2 is 1.52 bits per heavy atom. The van der Waals surface area contributed by atoms with E-state index in [1.807, 2.05) is 51.1 Å². The molecule has 7 N–H and O–H groups in total. The van der Waals surface area contributed by atoms with E-state index in [0.717, 1.165) is 5.56 Å². The second-order valence-electron chi connectivity index (χ2n) is 14.0. The van der Waals surface area contributed by atoms with E-state index in [-0.39, 0.29) is 31.2 Å². The fraction of sp³-hybridized carbons (Fsp3) is 0.385. The third-order valence-corrected chi connectivity index (χ3v) is 8.34. The molecule has 15 heteroatoms. The number of likely N-dealkylation sites (tertiary alicyclic amines) is 1. The first-order chi connectivity index (χ1) is 25.7. The molecule has 54 heavy (non-hydrogen) atoms. The Bertz CT molecular complexity index is 1750. The number of ether oxygens (including phenoxy) is 2. The van der Waals surface area contributed by atoms with E-state index >= 15 is 0 Å². The number of nitrogens with zero attached hydrogens (tertiary/aromatic N) is 1. The van der Waals surface area contributed by atoms with Gasteiger partial charge in [0.15, 0.2) is 12.7 Å². The Morgan fingerprint density at radius 3 is 2.13 bits per heavy atom. The molecule has 1 aliphatic heterocycles. The average molecular weight is 745 g/mol. The number of aliphatic hydroxyl groups excluding tert-OH is 1. The number of rotatable bonds is 16. The molecule has 4 rings (SSSR count). The van der Waals surface area contributed by atoms with Crippen LogP contribution in [0.15, 0.2) is 84.9 Å². The lowest BCUT2D eigenvalue weighted by Crippen LogP contribution is -2.59. The summed E-state index contributed by atoms with van der Waals surface area (Å²) in [6.07, 6.45) is -2.03. The van der Waals surface area contributed by atoms with Gasteiger partial charge in [0, 0.05) is 17.8 Å². The molecule has 1 fully saturated rings. The number of carbonyl (C=O) groups excluding carboxylic acids is 6. The number of benzene rings is 3. The summed E-state index contributed by atoms with van der Waals surface area (Å²) in [5, 5.41) is 22.0. The summed E-state index contributed by atoms with van der Waals surface area (Å²) in [6, 6.07) is 20.7. The molecule has 6 amide bonds. The summed E-state index contributed by atoms with van der Waals surface area (Å²) in [4.78, 5) is 78.7. The van der Waals surface area contributed by atoms with Gasteiger partial charge in [0.05, 0.1) is 12.5 Å². The van der Waals surface area contributed by atoms with E-state index in [2.05, 4.69) is 21.3 Å². The van der Waals surface area contributed by atoms with E-state index in [0.29, 0.717) is 24.1 Å². The third-order valence-electron chi connectivity index (χ3n) is 8.34. The van der Waals surface area contributed by atoms with Crippen molar-refractivity contribution < 1.29 is 43.3 Å². The molecule has 0 aromatic heterocycles. The molecule has 1 heterocycles. The molecule has 0 bridgehead atoms. The van der Waals surface area contributed by atoms with Crippen molar-refractivity contribution in [3.05, 3.63) is 96.1 Å². The summed E-state index contributed by atoms with van der Waals surface area (Å²) < 4.78 is 10.7. The van der Waals surface area contributed by atoms with Crippen molar-refractivity contribution in [3.8, 4) is 5.75 Å². The number of nitrogens with one attached hydrogen (secondary N) is 4. The second-order valence-corrected chi connectivity index (χ2v) is 14.0. The predicted molar refractivity (Wildman–Crippen MR) is 199 cm³/mol. The Morgan fingerprint density at radius 1 is 0.889 bits per heavy atom. The maximum Gasteiger partial charge on any atom is 0.411 e. The summed E-state index contributed by atoms with van der Waals surface area (Å²) in [7, 11) is 0. The Hall–Kier alpha value is -5.96. The first-order valence-electron chi connectivity index (χ1n) is 17.6. The molecule has 0 unspecified atom stereocenters. The standard InChI is InChI=1S/C39H48N6O9/c1-39(2,3)44-36(50)31-15-10-20-45(31)37(51)34(48)29(21-25-11-6-4-7-12-25)43-35(49)30(22-32(40)46)42-33(47)24-53-28-18-16-27(17-19-28)41-38(52)54-23-26-13-8-5-9-14-26/h4-9,11-14,16-19,29-31,34,48H,10,15,20-24H2,1-3H3,(H2,40,46)(H,41,52)(H,42,47)(H,43,49)(H,44,50)/t29-,30-,31-,34-/m0/s1. The number of aliphatic hydroxyl groups is 1. The van der Waals surface area contributed by atoms with Gasteiger partial charge in [-0.25, -0.2) is 4.79 Å². The van der Waals surface area contributed by atoms with Crippen LogP contribution in [0.1, 0.15) is 51.2 Å². The monoisotopic (exact) mass is 744 g/mol. The van der Waals surface area contributed by atoms with Gasteiger partial charge in [0.2, 0.25) is 17.7 Å². The van der Waals surface area contributed by atoms with Gasteiger partial charge in [-0.15, -0.1) is 0 Å². The highest BCUT2D eigenvalue weighted by Crippen LogP contribution is 2.21. The zero-order valence-electron chi connectivity index (χ0n) is 30.6. The Kier molecular flexibility index (Phi) is 14.5. The molecule has 15 nitrogen and oxygen atoms in total. The quantitative estimate of drug-likeness (QED) is 0.126. The molecule has 3 aromatic rings. The van der Waals surface area contributed by atoms with E-state index in [1.54, 1.807) is 42.5 Å². The van der Waals surface area contributed by atoms with Crippen LogP contribution in [0.3, 0.4) is 0 Å². The fourth-order valence-corrected chi connectivity index (χ4v) is 5.80. The van der Waals surface area contributed by atoms with Crippen molar-refractivity contribution in [2.75, 3.05) is 18.5 Å². The van der Waals surface area contributed by atoms with Crippen molar-refractivity contribution in [3.63, 3.8) is 0 Å². The average Bonchev–Trinajstić information content (AvgIpc) is 3.63. The van der Waals surface area contributed by atoms with E-state index in [9.17, 15) is 33.9 Å². The second kappa shape index (κ2) is 19.2. The highest BCUT2D eigenvalue weighted by Gasteiger charge is 2.41. The molecule has 0 spiro atoms. The van der Waals surface area contributed by atoms with Crippen LogP contribution in [0.25, 0.3) is 0 Å². The first kappa shape index (κ1) is 40.8. The highest BCUT2D eigenvalue weighted by molar-refractivity contribution is 5.94. The Balaban J connectivity index is 1.37. The predicted octanol–water partition coefficient (Wildman–Crippen LogP) is 2.17. The van der Waals surface area contributed by atoms with Crippen molar-refractivity contribution in [2.24, 2.45) is 5.73 Å². The topological polar surface area (TPSA) is 218 Å². The van der Waals surface area contributed by atoms with Crippen LogP contribution in [-0.2, 0) is 41.7 Å². The molecule has 3 aromatic carbocycles. The third kappa shape index (κ3) is 12.9. The lowest BCUT2D eigenvalue weighted by Gasteiger charge is -2.32. The number of nitrogens with two attached hydrogens (primary N) is 1. The summed E-state index contributed by atoms with van der Waals surface area (Å²) in [6.45, 7) is 5.27. The maximum atomic E-state index is 13.7. The van der Waals surface area contributed by atoms with Gasteiger partial charge in [-0.3, -0.25) is 29.3 Å². The lowest BCUT2D eigenvalue weighted by atomic mass is 9.99. The van der Waals surface area contributed by atoms with Crippen LogP contribution in [0.2, 0.25) is 0 Å². The first-order valence-corrected chi connectivity index (χ1v) is 17.6. The molecule has 1 aliphatic rings. The molecule has 0 aliphatic carbocycles. The number of primary amides is 1. The summed E-state index contributed by atoms with van der Waals surface area (Å²) in [5.74, 6) is -3.33. The molecule has 1 saturated heterocycles. The van der Waals surface area contributed by atoms with Crippen LogP contribution < -0.4 is 31.7 Å². The van der Waals surface area contributed by atoms with Crippen molar-refractivity contribution in [1.29, 1.82) is 0 Å². The van der Waals surface area contributed by atoms with Crippen LogP contribution >= 0.6 is 0 Å². The smallest absolute Gasteiger partial charge is 0.411 e. The van der Waals surface area contributed by atoms with Crippen molar-refractivity contribution >= 4 is 41.3 Å².